The molecule has 2 rings (SSSR count). The molecule has 1 aromatic heterocycles. The average molecular weight is 271 g/mol. The highest BCUT2D eigenvalue weighted by molar-refractivity contribution is 5.98. The van der Waals surface area contributed by atoms with Gasteiger partial charge in [-0.05, 0) is 43.3 Å². The van der Waals surface area contributed by atoms with E-state index in [0.29, 0.717) is 11.5 Å². The average Bonchev–Trinajstić information content (AvgIpc) is 2.39. The maximum absolute atomic E-state index is 11.3. The van der Waals surface area contributed by atoms with Crippen LogP contribution in [-0.4, -0.2) is 22.0 Å². The number of nitrogens with one attached hydrogen (secondary N) is 1. The SMILES string of the molecule is Cc1ccc(C(N)=O)c(Nc2ccc(C(=O)O)cc2)n1. The lowest BCUT2D eigenvalue weighted by Crippen LogP contribution is -2.14. The number of benzene rings is 1. The lowest BCUT2D eigenvalue weighted by Gasteiger charge is -2.10. The number of nitrogens with zero attached hydrogens (tertiary/aromatic N) is 1. The van der Waals surface area contributed by atoms with E-state index in [1.165, 1.54) is 12.1 Å². The zero-order chi connectivity index (χ0) is 14.7. The van der Waals surface area contributed by atoms with E-state index < -0.39 is 11.9 Å². The minimum atomic E-state index is -0.997. The van der Waals surface area contributed by atoms with E-state index in [1.54, 1.807) is 31.2 Å². The Balaban J connectivity index is 2.31. The Morgan fingerprint density at radius 3 is 2.35 bits per heavy atom. The summed E-state index contributed by atoms with van der Waals surface area (Å²) in [6.07, 6.45) is 0. The number of carboxylic acid groups (broad SMARTS) is 1. The molecule has 1 heterocycles. The fraction of sp³-hybridized carbons (Fsp3) is 0.0714. The van der Waals surface area contributed by atoms with Gasteiger partial charge in [-0.2, -0.15) is 0 Å². The predicted octanol–water partition coefficient (Wildman–Crippen LogP) is 1.93. The van der Waals surface area contributed by atoms with Gasteiger partial charge in [0.05, 0.1) is 11.1 Å². The van der Waals surface area contributed by atoms with Crippen LogP contribution in [0.25, 0.3) is 0 Å². The molecule has 0 spiro atoms. The molecule has 0 atom stereocenters. The molecule has 6 heteroatoms. The molecule has 0 saturated carbocycles. The summed E-state index contributed by atoms with van der Waals surface area (Å²) >= 11 is 0. The van der Waals surface area contributed by atoms with E-state index in [1.807, 2.05) is 0 Å². The van der Waals surface area contributed by atoms with Crippen LogP contribution in [0.3, 0.4) is 0 Å². The second kappa shape index (κ2) is 5.40. The molecule has 20 heavy (non-hydrogen) atoms. The van der Waals surface area contributed by atoms with Crippen LogP contribution in [0.1, 0.15) is 26.4 Å². The molecule has 0 aliphatic carbocycles. The molecule has 0 saturated heterocycles. The zero-order valence-corrected chi connectivity index (χ0v) is 10.8. The number of hydrogen-bond donors (Lipinski definition) is 3. The lowest BCUT2D eigenvalue weighted by molar-refractivity contribution is 0.0696. The van der Waals surface area contributed by atoms with Crippen LogP contribution < -0.4 is 11.1 Å². The number of carboxylic acids is 1. The Morgan fingerprint density at radius 1 is 1.15 bits per heavy atom. The minimum Gasteiger partial charge on any atom is -0.478 e. The van der Waals surface area contributed by atoms with Crippen molar-refractivity contribution in [1.82, 2.24) is 4.98 Å². The number of nitrogens with two attached hydrogens (primary N) is 1. The fourth-order valence-electron chi connectivity index (χ4n) is 1.68. The Kier molecular flexibility index (Phi) is 3.65. The maximum Gasteiger partial charge on any atom is 0.335 e. The molecule has 0 aliphatic rings. The van der Waals surface area contributed by atoms with Gasteiger partial charge in [-0.25, -0.2) is 9.78 Å². The zero-order valence-electron chi connectivity index (χ0n) is 10.8. The second-order valence-electron chi connectivity index (χ2n) is 4.22. The summed E-state index contributed by atoms with van der Waals surface area (Å²) in [5.74, 6) is -1.23. The molecule has 102 valence electrons. The van der Waals surface area contributed by atoms with Crippen molar-refractivity contribution in [3.8, 4) is 0 Å². The van der Waals surface area contributed by atoms with Crippen LogP contribution in [-0.2, 0) is 0 Å². The largest absolute Gasteiger partial charge is 0.478 e. The number of carbonyl (C=O) groups excluding carboxylic acids is 1. The van der Waals surface area contributed by atoms with Gasteiger partial charge in [0.1, 0.15) is 5.82 Å². The smallest absolute Gasteiger partial charge is 0.335 e. The van der Waals surface area contributed by atoms with E-state index >= 15 is 0 Å². The van der Waals surface area contributed by atoms with Gasteiger partial charge < -0.3 is 16.2 Å². The van der Waals surface area contributed by atoms with E-state index in [0.717, 1.165) is 5.69 Å². The number of anilines is 2. The first kappa shape index (κ1) is 13.5. The maximum atomic E-state index is 11.3. The topological polar surface area (TPSA) is 105 Å². The van der Waals surface area contributed by atoms with Crippen LogP contribution in [0.15, 0.2) is 36.4 Å². The van der Waals surface area contributed by atoms with Crippen molar-refractivity contribution >= 4 is 23.4 Å². The number of primary amides is 1. The quantitative estimate of drug-likeness (QED) is 0.788. The molecule has 4 N–H and O–H groups in total. The number of amides is 1. The summed E-state index contributed by atoms with van der Waals surface area (Å²) in [6, 6.07) is 9.41. The molecule has 1 amide bonds. The van der Waals surface area contributed by atoms with Crippen LogP contribution in [0.5, 0.6) is 0 Å². The molecular formula is C14H13N3O3. The third kappa shape index (κ3) is 2.92. The Hall–Kier alpha value is -2.89. The molecule has 0 unspecified atom stereocenters. The fourth-order valence-corrected chi connectivity index (χ4v) is 1.68. The van der Waals surface area contributed by atoms with Crippen molar-refractivity contribution in [2.45, 2.75) is 6.92 Å². The van der Waals surface area contributed by atoms with Gasteiger partial charge in [-0.3, -0.25) is 4.79 Å². The highest BCUT2D eigenvalue weighted by Crippen LogP contribution is 2.19. The molecule has 0 radical (unpaired) electrons. The van der Waals surface area contributed by atoms with E-state index in [-0.39, 0.29) is 11.1 Å². The van der Waals surface area contributed by atoms with Crippen LogP contribution >= 0.6 is 0 Å². The number of aromatic nitrogens is 1. The molecular weight excluding hydrogens is 258 g/mol. The summed E-state index contributed by atoms with van der Waals surface area (Å²) in [5, 5.41) is 11.8. The number of aromatic carboxylic acids is 1. The van der Waals surface area contributed by atoms with Crippen LogP contribution in [0.4, 0.5) is 11.5 Å². The van der Waals surface area contributed by atoms with Crippen molar-refractivity contribution in [3.05, 3.63) is 53.2 Å². The Morgan fingerprint density at radius 2 is 1.80 bits per heavy atom. The molecule has 0 bridgehead atoms. The van der Waals surface area contributed by atoms with Gasteiger partial charge in [-0.15, -0.1) is 0 Å². The van der Waals surface area contributed by atoms with Gasteiger partial charge in [0, 0.05) is 11.4 Å². The predicted molar refractivity (Wildman–Crippen MR) is 74.2 cm³/mol. The number of carbonyl (C=O) groups is 2. The minimum absolute atomic E-state index is 0.183. The second-order valence-corrected chi connectivity index (χ2v) is 4.22. The molecule has 2 aromatic rings. The van der Waals surface area contributed by atoms with Crippen LogP contribution in [0, 0.1) is 6.92 Å². The lowest BCUT2D eigenvalue weighted by atomic mass is 10.2. The summed E-state index contributed by atoms with van der Waals surface area (Å²) in [7, 11) is 0. The number of rotatable bonds is 4. The van der Waals surface area contributed by atoms with Crippen molar-refractivity contribution in [2.24, 2.45) is 5.73 Å². The van der Waals surface area contributed by atoms with Gasteiger partial charge in [-0.1, -0.05) is 0 Å². The Labute approximate surface area is 115 Å². The monoisotopic (exact) mass is 271 g/mol. The first-order valence-electron chi connectivity index (χ1n) is 5.85. The van der Waals surface area contributed by atoms with Crippen molar-refractivity contribution in [3.63, 3.8) is 0 Å². The van der Waals surface area contributed by atoms with Crippen LogP contribution in [0.2, 0.25) is 0 Å². The number of pyridine rings is 1. The first-order valence-corrected chi connectivity index (χ1v) is 5.85. The molecule has 6 nitrogen and oxygen atoms in total. The van der Waals surface area contributed by atoms with Crippen molar-refractivity contribution < 1.29 is 14.7 Å². The Bertz CT molecular complexity index is 666. The van der Waals surface area contributed by atoms with E-state index in [2.05, 4.69) is 10.3 Å². The highest BCUT2D eigenvalue weighted by Gasteiger charge is 2.10. The van der Waals surface area contributed by atoms with E-state index in [4.69, 9.17) is 10.8 Å². The normalized spacial score (nSPS) is 10.1. The first-order chi connectivity index (χ1) is 9.47. The number of hydrogen-bond acceptors (Lipinski definition) is 4. The summed E-state index contributed by atoms with van der Waals surface area (Å²) in [4.78, 5) is 26.3. The number of aryl methyl sites for hydroxylation is 1. The third-order valence-corrected chi connectivity index (χ3v) is 2.69. The summed E-state index contributed by atoms with van der Waals surface area (Å²) < 4.78 is 0. The summed E-state index contributed by atoms with van der Waals surface area (Å²) in [5.41, 5.74) is 7.10. The van der Waals surface area contributed by atoms with Crippen molar-refractivity contribution in [1.29, 1.82) is 0 Å². The van der Waals surface area contributed by atoms with E-state index in [9.17, 15) is 9.59 Å². The van der Waals surface area contributed by atoms with Gasteiger partial charge in [0.25, 0.3) is 5.91 Å². The van der Waals surface area contributed by atoms with Gasteiger partial charge in [0.2, 0.25) is 0 Å². The summed E-state index contributed by atoms with van der Waals surface area (Å²) in [6.45, 7) is 1.80. The standard InChI is InChI=1S/C14H13N3O3/c1-8-2-7-11(12(15)18)13(16-8)17-10-5-3-9(4-6-10)14(19)20/h2-7H,1H3,(H2,15,18)(H,16,17)(H,19,20). The third-order valence-electron chi connectivity index (χ3n) is 2.69. The van der Waals surface area contributed by atoms with Gasteiger partial charge >= 0.3 is 5.97 Å². The molecule has 1 aromatic carbocycles. The van der Waals surface area contributed by atoms with Crippen molar-refractivity contribution in [2.75, 3.05) is 5.32 Å². The van der Waals surface area contributed by atoms with Gasteiger partial charge in [0.15, 0.2) is 0 Å². The highest BCUT2D eigenvalue weighted by atomic mass is 16.4. The molecule has 0 aliphatic heterocycles. The molecule has 0 fully saturated rings.